The fourth-order valence-electron chi connectivity index (χ4n) is 4.18. The van der Waals surface area contributed by atoms with Crippen LogP contribution in [0.1, 0.15) is 12.0 Å². The number of carbonyl (C=O) groups is 1. The van der Waals surface area contributed by atoms with Crippen molar-refractivity contribution >= 4 is 23.4 Å². The van der Waals surface area contributed by atoms with Crippen LogP contribution in [0.15, 0.2) is 54.7 Å². The molecular weight excluding hydrogens is 426 g/mol. The number of anilines is 3. The zero-order valence-electron chi connectivity index (χ0n) is 16.6. The number of pyridine rings is 2. The lowest BCUT2D eigenvalue weighted by atomic mass is 10.0. The number of carbonyl (C=O) groups excluding carboxylic acids is 1. The summed E-state index contributed by atoms with van der Waals surface area (Å²) in [5, 5.41) is 2.73. The van der Waals surface area contributed by atoms with E-state index in [4.69, 9.17) is 0 Å². The Hall–Kier alpha value is -3.69. The first kappa shape index (κ1) is 20.2. The molecule has 2 amide bonds. The van der Waals surface area contributed by atoms with Gasteiger partial charge in [-0.1, -0.05) is 12.1 Å². The maximum Gasteiger partial charge on any atom is 0.419 e. The van der Waals surface area contributed by atoms with Gasteiger partial charge in [0.05, 0.1) is 23.0 Å². The van der Waals surface area contributed by atoms with Crippen LogP contribution in [0.5, 0.6) is 0 Å². The molecule has 32 heavy (non-hydrogen) atoms. The van der Waals surface area contributed by atoms with E-state index in [1.165, 1.54) is 17.0 Å². The second-order valence-corrected chi connectivity index (χ2v) is 7.61. The largest absolute Gasteiger partial charge is 0.419 e. The monoisotopic (exact) mass is 443 g/mol. The summed E-state index contributed by atoms with van der Waals surface area (Å²) >= 11 is 0. The number of hydrogen-bond acceptors (Lipinski definition) is 4. The third kappa shape index (κ3) is 3.41. The smallest absolute Gasteiger partial charge is 0.366 e. The summed E-state index contributed by atoms with van der Waals surface area (Å²) < 4.78 is 54.2. The quantitative estimate of drug-likeness (QED) is 0.571. The molecule has 1 fully saturated rings. The number of fused-ring (bicyclic) bond motifs is 4. The molecule has 2 aliphatic rings. The van der Waals surface area contributed by atoms with E-state index in [1.807, 2.05) is 0 Å². The topological polar surface area (TPSA) is 61.4 Å². The van der Waals surface area contributed by atoms with Crippen LogP contribution in [-0.2, 0) is 6.18 Å². The highest BCUT2D eigenvalue weighted by atomic mass is 19.4. The molecule has 5 rings (SSSR count). The Kier molecular flexibility index (Phi) is 4.72. The van der Waals surface area contributed by atoms with Crippen LogP contribution in [-0.4, -0.2) is 35.1 Å². The van der Waals surface area contributed by atoms with Crippen LogP contribution in [0.25, 0.3) is 11.3 Å². The lowest BCUT2D eigenvalue weighted by Crippen LogP contribution is -2.48. The molecule has 0 saturated carbocycles. The molecular formula is C22H17F4N5O. The Labute approximate surface area is 180 Å². The summed E-state index contributed by atoms with van der Waals surface area (Å²) in [6, 6.07) is 10.7. The first-order chi connectivity index (χ1) is 15.3. The lowest BCUT2D eigenvalue weighted by molar-refractivity contribution is -0.139. The van der Waals surface area contributed by atoms with Gasteiger partial charge in [-0.3, -0.25) is 10.2 Å². The molecule has 2 bridgehead atoms. The van der Waals surface area contributed by atoms with Crippen molar-refractivity contribution in [3.8, 4) is 11.3 Å². The van der Waals surface area contributed by atoms with E-state index >= 15 is 0 Å². The molecule has 0 radical (unpaired) electrons. The lowest BCUT2D eigenvalue weighted by Gasteiger charge is -2.35. The van der Waals surface area contributed by atoms with Crippen LogP contribution in [0.4, 0.5) is 39.7 Å². The predicted molar refractivity (Wildman–Crippen MR) is 111 cm³/mol. The minimum atomic E-state index is -4.83. The number of nitrogens with one attached hydrogen (secondary N) is 1. The van der Waals surface area contributed by atoms with Crippen molar-refractivity contribution in [2.24, 2.45) is 0 Å². The van der Waals surface area contributed by atoms with Gasteiger partial charge in [0.25, 0.3) is 0 Å². The summed E-state index contributed by atoms with van der Waals surface area (Å²) in [7, 11) is 0. The normalized spacial score (nSPS) is 17.3. The SMILES string of the molecule is O=C(Nc1ccccn1)N1c2nc(-c3cccc(C(F)(F)F)c3F)ccc2N2CC[C@H]1C2. The zero-order valence-corrected chi connectivity index (χ0v) is 16.6. The Balaban J connectivity index is 1.57. The molecule has 6 nitrogen and oxygen atoms in total. The average molecular weight is 443 g/mol. The number of aromatic nitrogens is 2. The first-order valence-corrected chi connectivity index (χ1v) is 9.96. The molecule has 0 aliphatic carbocycles. The first-order valence-electron chi connectivity index (χ1n) is 9.96. The summed E-state index contributed by atoms with van der Waals surface area (Å²) in [4.78, 5) is 25.2. The van der Waals surface area contributed by atoms with Crippen LogP contribution in [0.2, 0.25) is 0 Å². The van der Waals surface area contributed by atoms with E-state index in [0.717, 1.165) is 6.07 Å². The van der Waals surface area contributed by atoms with Crippen molar-refractivity contribution in [2.45, 2.75) is 18.6 Å². The maximum atomic E-state index is 14.7. The van der Waals surface area contributed by atoms with Crippen LogP contribution >= 0.6 is 0 Å². The van der Waals surface area contributed by atoms with E-state index in [9.17, 15) is 22.4 Å². The summed E-state index contributed by atoms with van der Waals surface area (Å²) in [6.45, 7) is 1.32. The average Bonchev–Trinajstić information content (AvgIpc) is 3.18. The Morgan fingerprint density at radius 2 is 1.94 bits per heavy atom. The van der Waals surface area contributed by atoms with Gasteiger partial charge in [0, 0.05) is 24.8 Å². The Morgan fingerprint density at radius 3 is 2.69 bits per heavy atom. The highest BCUT2D eigenvalue weighted by Crippen LogP contribution is 2.41. The number of benzene rings is 1. The van der Waals surface area contributed by atoms with E-state index in [2.05, 4.69) is 20.2 Å². The second-order valence-electron chi connectivity index (χ2n) is 7.61. The van der Waals surface area contributed by atoms with Crippen LogP contribution < -0.4 is 15.1 Å². The van der Waals surface area contributed by atoms with Gasteiger partial charge < -0.3 is 4.90 Å². The van der Waals surface area contributed by atoms with Gasteiger partial charge in [-0.2, -0.15) is 13.2 Å². The van der Waals surface area contributed by atoms with E-state index < -0.39 is 23.6 Å². The molecule has 2 aromatic heterocycles. The molecule has 4 heterocycles. The number of hydrogen-bond donors (Lipinski definition) is 1. The third-order valence-electron chi connectivity index (χ3n) is 5.65. The van der Waals surface area contributed by atoms with E-state index in [1.54, 1.807) is 30.5 Å². The molecule has 2 aliphatic heterocycles. The minimum Gasteiger partial charge on any atom is -0.366 e. The van der Waals surface area contributed by atoms with Crippen molar-refractivity contribution in [1.82, 2.24) is 9.97 Å². The van der Waals surface area contributed by atoms with Gasteiger partial charge in [0.15, 0.2) is 5.82 Å². The second kappa shape index (κ2) is 7.47. The molecule has 10 heteroatoms. The molecule has 0 spiro atoms. The van der Waals surface area contributed by atoms with Crippen molar-refractivity contribution in [3.63, 3.8) is 0 Å². The van der Waals surface area contributed by atoms with Gasteiger partial charge in [0.1, 0.15) is 11.6 Å². The number of amides is 2. The number of rotatable bonds is 2. The van der Waals surface area contributed by atoms with Gasteiger partial charge >= 0.3 is 12.2 Å². The molecule has 0 unspecified atom stereocenters. The molecule has 1 saturated heterocycles. The summed E-state index contributed by atoms with van der Waals surface area (Å²) in [5.74, 6) is -0.753. The van der Waals surface area contributed by atoms with Crippen molar-refractivity contribution in [1.29, 1.82) is 0 Å². The highest BCUT2D eigenvalue weighted by Gasteiger charge is 2.41. The van der Waals surface area contributed by atoms with Crippen molar-refractivity contribution in [3.05, 3.63) is 66.1 Å². The summed E-state index contributed by atoms with van der Waals surface area (Å²) in [5.41, 5.74) is -0.944. The number of alkyl halides is 3. The molecule has 3 aromatic rings. The highest BCUT2D eigenvalue weighted by molar-refractivity contribution is 6.04. The molecule has 1 atom stereocenters. The van der Waals surface area contributed by atoms with E-state index in [-0.39, 0.29) is 23.1 Å². The van der Waals surface area contributed by atoms with Crippen molar-refractivity contribution < 1.29 is 22.4 Å². The fraction of sp³-hybridized carbons (Fsp3) is 0.227. The number of halogens is 4. The van der Waals surface area contributed by atoms with Gasteiger partial charge in [0.2, 0.25) is 0 Å². The predicted octanol–water partition coefficient (Wildman–Crippen LogP) is 4.93. The number of urea groups is 1. The Morgan fingerprint density at radius 1 is 1.09 bits per heavy atom. The van der Waals surface area contributed by atoms with Crippen molar-refractivity contribution in [2.75, 3.05) is 28.2 Å². The molecule has 1 aromatic carbocycles. The fourth-order valence-corrected chi connectivity index (χ4v) is 4.18. The third-order valence-corrected chi connectivity index (χ3v) is 5.65. The summed E-state index contributed by atoms with van der Waals surface area (Å²) in [6.07, 6.45) is -2.57. The zero-order chi connectivity index (χ0) is 22.5. The van der Waals surface area contributed by atoms with Gasteiger partial charge in [-0.05, 0) is 42.8 Å². The molecule has 164 valence electrons. The van der Waals surface area contributed by atoms with Crippen LogP contribution in [0.3, 0.4) is 0 Å². The van der Waals surface area contributed by atoms with Gasteiger partial charge in [-0.25, -0.2) is 19.2 Å². The van der Waals surface area contributed by atoms with E-state index in [0.29, 0.717) is 37.1 Å². The van der Waals surface area contributed by atoms with Crippen LogP contribution in [0, 0.1) is 5.82 Å². The Bertz CT molecular complexity index is 1180. The van der Waals surface area contributed by atoms with Gasteiger partial charge in [-0.15, -0.1) is 0 Å². The minimum absolute atomic E-state index is 0.0190. The number of nitrogens with zero attached hydrogens (tertiary/aromatic N) is 4. The standard InChI is InChI=1S/C22H17F4N5O/c23-19-14(4-3-5-15(19)22(24,25)26)16-7-8-17-20(28-16)31(13-9-11-30(17)12-13)21(32)29-18-6-1-2-10-27-18/h1-8,10,13H,9,11-12H2,(H,27,29,32)/t13-/m0/s1. The molecule has 1 N–H and O–H groups in total. The maximum absolute atomic E-state index is 14.7.